The highest BCUT2D eigenvalue weighted by Gasteiger charge is 2.19. The van der Waals surface area contributed by atoms with Gasteiger partial charge < -0.3 is 14.2 Å². The molecule has 0 spiro atoms. The van der Waals surface area contributed by atoms with E-state index in [0.29, 0.717) is 19.3 Å². The van der Waals surface area contributed by atoms with E-state index in [0.717, 1.165) is 135 Å². The van der Waals surface area contributed by atoms with Crippen molar-refractivity contribution in [3.8, 4) is 0 Å². The van der Waals surface area contributed by atoms with E-state index in [4.69, 9.17) is 14.2 Å². The molecule has 0 amide bonds. The average molecular weight is 917 g/mol. The van der Waals surface area contributed by atoms with E-state index in [1.165, 1.54) is 70.6 Å². The van der Waals surface area contributed by atoms with Crippen molar-refractivity contribution in [1.29, 1.82) is 0 Å². The maximum Gasteiger partial charge on any atom is 0.306 e. The first kappa shape index (κ1) is 62.3. The molecule has 0 aliphatic heterocycles. The van der Waals surface area contributed by atoms with Crippen LogP contribution in [0.4, 0.5) is 0 Å². The monoisotopic (exact) mass is 917 g/mol. The van der Waals surface area contributed by atoms with Gasteiger partial charge >= 0.3 is 17.9 Å². The minimum atomic E-state index is -0.800. The molecule has 0 rings (SSSR count). The zero-order chi connectivity index (χ0) is 47.9. The lowest BCUT2D eigenvalue weighted by molar-refractivity contribution is -0.167. The number of hydrogen-bond donors (Lipinski definition) is 0. The predicted octanol–water partition coefficient (Wildman–Crippen LogP) is 18.1. The van der Waals surface area contributed by atoms with Crippen LogP contribution in [0.5, 0.6) is 0 Å². The van der Waals surface area contributed by atoms with Crippen LogP contribution in [0.3, 0.4) is 0 Å². The second kappa shape index (κ2) is 53.9. The van der Waals surface area contributed by atoms with Crippen molar-refractivity contribution in [3.63, 3.8) is 0 Å². The van der Waals surface area contributed by atoms with E-state index >= 15 is 0 Å². The Morgan fingerprint density at radius 3 is 0.924 bits per heavy atom. The van der Waals surface area contributed by atoms with Gasteiger partial charge in [0, 0.05) is 19.3 Å². The summed E-state index contributed by atoms with van der Waals surface area (Å²) in [4.78, 5) is 38.1. The highest BCUT2D eigenvalue weighted by atomic mass is 16.6. The van der Waals surface area contributed by atoms with Gasteiger partial charge in [0.25, 0.3) is 0 Å². The molecule has 1 atom stereocenters. The highest BCUT2D eigenvalue weighted by molar-refractivity contribution is 5.71. The van der Waals surface area contributed by atoms with Gasteiger partial charge in [0.15, 0.2) is 6.10 Å². The normalized spacial score (nSPS) is 12.8. The lowest BCUT2D eigenvalue weighted by Gasteiger charge is -2.18. The maximum absolute atomic E-state index is 12.8. The number of esters is 3. The van der Waals surface area contributed by atoms with Gasteiger partial charge in [-0.1, -0.05) is 227 Å². The molecular weight excluding hydrogens is 817 g/mol. The molecule has 0 bridgehead atoms. The zero-order valence-electron chi connectivity index (χ0n) is 42.9. The zero-order valence-corrected chi connectivity index (χ0v) is 42.9. The Kier molecular flexibility index (Phi) is 50.9. The Balaban J connectivity index is 4.48. The van der Waals surface area contributed by atoms with Crippen molar-refractivity contribution < 1.29 is 28.6 Å². The molecule has 6 heteroatoms. The SMILES string of the molecule is CC/C=C\C/C=C\C/C=C\C/C=C\CCCCCCC(=O)OCC(COC(=O)CCCCCCCCCCCCCCCC)OC(=O)CCCCCC/C=C\C/C=C\C/C=C\C/C=C\CC. The molecule has 0 aliphatic rings. The van der Waals surface area contributed by atoms with E-state index in [-0.39, 0.29) is 31.1 Å². The van der Waals surface area contributed by atoms with Crippen molar-refractivity contribution in [3.05, 3.63) is 97.2 Å². The lowest BCUT2D eigenvalue weighted by Crippen LogP contribution is -2.30. The van der Waals surface area contributed by atoms with Crippen LogP contribution in [-0.2, 0) is 28.6 Å². The molecule has 1 unspecified atom stereocenters. The van der Waals surface area contributed by atoms with Crippen LogP contribution in [0.25, 0.3) is 0 Å². The third-order valence-electron chi connectivity index (χ3n) is 11.3. The molecular formula is C60H100O6. The maximum atomic E-state index is 12.8. The van der Waals surface area contributed by atoms with Crippen molar-refractivity contribution >= 4 is 17.9 Å². The Hall–Kier alpha value is -3.67. The van der Waals surface area contributed by atoms with E-state index in [1.54, 1.807) is 0 Å². The highest BCUT2D eigenvalue weighted by Crippen LogP contribution is 2.15. The molecule has 0 N–H and O–H groups in total. The largest absolute Gasteiger partial charge is 0.462 e. The van der Waals surface area contributed by atoms with Gasteiger partial charge in [-0.05, 0) is 96.3 Å². The van der Waals surface area contributed by atoms with Gasteiger partial charge in [0.2, 0.25) is 0 Å². The predicted molar refractivity (Wildman–Crippen MR) is 284 cm³/mol. The summed E-state index contributed by atoms with van der Waals surface area (Å²) in [5.74, 6) is -0.942. The van der Waals surface area contributed by atoms with Crippen molar-refractivity contribution in [2.24, 2.45) is 0 Å². The Bertz CT molecular complexity index is 1330. The molecule has 0 aromatic carbocycles. The fraction of sp³-hybridized carbons (Fsp3) is 0.683. The second-order valence-electron chi connectivity index (χ2n) is 17.7. The summed E-state index contributed by atoms with van der Waals surface area (Å²) in [5, 5.41) is 0. The van der Waals surface area contributed by atoms with Crippen LogP contribution in [0, 0.1) is 0 Å². The first-order valence-electron chi connectivity index (χ1n) is 27.2. The van der Waals surface area contributed by atoms with Gasteiger partial charge in [-0.2, -0.15) is 0 Å². The summed E-state index contributed by atoms with van der Waals surface area (Å²) in [6.07, 6.45) is 71.0. The van der Waals surface area contributed by atoms with Gasteiger partial charge in [0.05, 0.1) is 0 Å². The summed E-state index contributed by atoms with van der Waals surface area (Å²) in [6.45, 7) is 6.37. The van der Waals surface area contributed by atoms with Gasteiger partial charge in [0.1, 0.15) is 13.2 Å². The lowest BCUT2D eigenvalue weighted by atomic mass is 10.0. The molecule has 0 heterocycles. The Labute approximate surface area is 407 Å². The Morgan fingerprint density at radius 1 is 0.318 bits per heavy atom. The molecule has 0 fully saturated rings. The molecule has 0 aliphatic carbocycles. The van der Waals surface area contributed by atoms with E-state index in [1.807, 2.05) is 0 Å². The van der Waals surface area contributed by atoms with Gasteiger partial charge in [-0.25, -0.2) is 0 Å². The minimum Gasteiger partial charge on any atom is -0.462 e. The standard InChI is InChI=1S/C60H100O6/c1-4-7-10-13-16-19-22-25-28-30-32-35-38-41-44-47-50-53-59(62)65-56-57(55-64-58(61)52-49-46-43-40-37-34-27-24-21-18-15-12-9-6-3)66-60(63)54-51-48-45-42-39-36-33-31-29-26-23-20-17-14-11-8-5-2/h7-8,10-11,16-17,19-20,25-26,28-29,32-33,35-36,57H,4-6,9,12-15,18,21-24,27,30-31,34,37-56H2,1-3H3/b10-7-,11-8-,19-16-,20-17-,28-25-,29-26-,35-32-,36-33-. The van der Waals surface area contributed by atoms with Crippen LogP contribution in [0.15, 0.2) is 97.2 Å². The number of rotatable bonds is 48. The van der Waals surface area contributed by atoms with Crippen LogP contribution >= 0.6 is 0 Å². The summed E-state index contributed by atoms with van der Waals surface area (Å²) >= 11 is 0. The van der Waals surface area contributed by atoms with E-state index in [9.17, 15) is 14.4 Å². The van der Waals surface area contributed by atoms with Crippen LogP contribution in [-0.4, -0.2) is 37.2 Å². The average Bonchev–Trinajstić information content (AvgIpc) is 3.31. The molecule has 376 valence electrons. The molecule has 0 saturated heterocycles. The van der Waals surface area contributed by atoms with Crippen molar-refractivity contribution in [2.45, 2.75) is 252 Å². The number of carbonyl (C=O) groups excluding carboxylic acids is 3. The van der Waals surface area contributed by atoms with Crippen LogP contribution in [0.2, 0.25) is 0 Å². The van der Waals surface area contributed by atoms with E-state index < -0.39 is 6.10 Å². The quantitative estimate of drug-likeness (QED) is 0.0262. The fourth-order valence-corrected chi connectivity index (χ4v) is 7.31. The summed E-state index contributed by atoms with van der Waals surface area (Å²) in [5.41, 5.74) is 0. The molecule has 6 nitrogen and oxygen atoms in total. The van der Waals surface area contributed by atoms with Gasteiger partial charge in [-0.15, -0.1) is 0 Å². The topological polar surface area (TPSA) is 78.9 Å². The minimum absolute atomic E-state index is 0.0946. The third-order valence-corrected chi connectivity index (χ3v) is 11.3. The van der Waals surface area contributed by atoms with Gasteiger partial charge in [-0.3, -0.25) is 14.4 Å². The number of ether oxygens (including phenoxy) is 3. The van der Waals surface area contributed by atoms with Crippen molar-refractivity contribution in [2.75, 3.05) is 13.2 Å². The summed E-state index contributed by atoms with van der Waals surface area (Å²) in [7, 11) is 0. The molecule has 0 radical (unpaired) electrons. The van der Waals surface area contributed by atoms with Crippen LogP contribution < -0.4 is 0 Å². The first-order chi connectivity index (χ1) is 32.5. The summed E-state index contributed by atoms with van der Waals surface area (Å²) < 4.78 is 16.8. The number of unbranched alkanes of at least 4 members (excludes halogenated alkanes) is 21. The number of hydrogen-bond acceptors (Lipinski definition) is 6. The fourth-order valence-electron chi connectivity index (χ4n) is 7.31. The van der Waals surface area contributed by atoms with Crippen molar-refractivity contribution in [1.82, 2.24) is 0 Å². The number of allylic oxidation sites excluding steroid dienone is 16. The summed E-state index contributed by atoms with van der Waals surface area (Å²) in [6, 6.07) is 0. The second-order valence-corrected chi connectivity index (χ2v) is 17.7. The number of carbonyl (C=O) groups is 3. The van der Waals surface area contributed by atoms with E-state index in [2.05, 4.69) is 118 Å². The molecule has 0 saturated carbocycles. The Morgan fingerprint density at radius 2 is 0.591 bits per heavy atom. The molecule has 66 heavy (non-hydrogen) atoms. The van der Waals surface area contributed by atoms with Crippen LogP contribution in [0.1, 0.15) is 245 Å². The first-order valence-corrected chi connectivity index (χ1v) is 27.2. The third kappa shape index (κ3) is 51.3. The molecule has 0 aromatic heterocycles. The molecule has 0 aromatic rings. The smallest absolute Gasteiger partial charge is 0.306 e.